The summed E-state index contributed by atoms with van der Waals surface area (Å²) in [6, 6.07) is 9.46. The first-order chi connectivity index (χ1) is 10.2. The zero-order valence-corrected chi connectivity index (χ0v) is 11.8. The zero-order chi connectivity index (χ0) is 14.7. The van der Waals surface area contributed by atoms with Crippen LogP contribution >= 0.6 is 0 Å². The molecule has 0 aliphatic carbocycles. The van der Waals surface area contributed by atoms with Crippen molar-refractivity contribution in [2.45, 2.75) is 19.8 Å². The van der Waals surface area contributed by atoms with Crippen LogP contribution in [0.25, 0.3) is 0 Å². The highest BCUT2D eigenvalue weighted by atomic mass is 16.7. The fraction of sp³-hybridized carbons (Fsp3) is 0.250. The summed E-state index contributed by atoms with van der Waals surface area (Å²) in [5.74, 6) is 1.47. The highest BCUT2D eigenvalue weighted by Gasteiger charge is 2.13. The molecular formula is C16H16N2O3. The van der Waals surface area contributed by atoms with Crippen molar-refractivity contribution in [3.8, 4) is 11.5 Å². The van der Waals surface area contributed by atoms with Gasteiger partial charge < -0.3 is 14.8 Å². The first-order valence-electron chi connectivity index (χ1n) is 6.82. The lowest BCUT2D eigenvalue weighted by Gasteiger charge is -2.06. The monoisotopic (exact) mass is 284 g/mol. The van der Waals surface area contributed by atoms with Crippen LogP contribution in [0.15, 0.2) is 36.5 Å². The van der Waals surface area contributed by atoms with Crippen LogP contribution < -0.4 is 14.8 Å². The Morgan fingerprint density at radius 1 is 1.24 bits per heavy atom. The Morgan fingerprint density at radius 2 is 2.10 bits per heavy atom. The summed E-state index contributed by atoms with van der Waals surface area (Å²) in [4.78, 5) is 16.1. The number of aryl methyl sites for hydroxylation is 2. The second-order valence-electron chi connectivity index (χ2n) is 4.92. The molecule has 0 saturated heterocycles. The molecule has 0 unspecified atom stereocenters. The van der Waals surface area contributed by atoms with Crippen molar-refractivity contribution in [3.63, 3.8) is 0 Å². The third-order valence-electron chi connectivity index (χ3n) is 3.27. The molecule has 5 nitrogen and oxygen atoms in total. The number of amides is 1. The zero-order valence-electron chi connectivity index (χ0n) is 11.8. The van der Waals surface area contributed by atoms with Gasteiger partial charge in [0.15, 0.2) is 11.5 Å². The van der Waals surface area contributed by atoms with Crippen LogP contribution in [-0.4, -0.2) is 17.7 Å². The normalized spacial score (nSPS) is 12.2. The molecule has 2 heterocycles. The molecule has 1 N–H and O–H groups in total. The molecule has 1 amide bonds. The van der Waals surface area contributed by atoms with Gasteiger partial charge in [0.2, 0.25) is 12.7 Å². The van der Waals surface area contributed by atoms with E-state index in [0.29, 0.717) is 12.8 Å². The van der Waals surface area contributed by atoms with Gasteiger partial charge in [-0.2, -0.15) is 0 Å². The number of ether oxygens (including phenoxy) is 2. The first-order valence-corrected chi connectivity index (χ1v) is 6.82. The summed E-state index contributed by atoms with van der Waals surface area (Å²) in [7, 11) is 0. The highest BCUT2D eigenvalue weighted by Crippen LogP contribution is 2.32. The first kappa shape index (κ1) is 13.4. The van der Waals surface area contributed by atoms with Gasteiger partial charge in [-0.1, -0.05) is 6.07 Å². The molecule has 1 aromatic carbocycles. The molecule has 0 radical (unpaired) electrons. The SMILES string of the molecule is Cc1ccc(NC(=O)CCc2ccc3c(c2)OCO3)cn1. The summed E-state index contributed by atoms with van der Waals surface area (Å²) in [6.07, 6.45) is 2.73. The minimum atomic E-state index is -0.0293. The number of benzene rings is 1. The quantitative estimate of drug-likeness (QED) is 0.937. The van der Waals surface area contributed by atoms with Gasteiger partial charge in [0.05, 0.1) is 11.9 Å². The Kier molecular flexibility index (Phi) is 3.73. The van der Waals surface area contributed by atoms with Gasteiger partial charge in [0.25, 0.3) is 0 Å². The Morgan fingerprint density at radius 3 is 2.90 bits per heavy atom. The second-order valence-corrected chi connectivity index (χ2v) is 4.92. The van der Waals surface area contributed by atoms with Crippen molar-refractivity contribution in [1.82, 2.24) is 4.98 Å². The number of carbonyl (C=O) groups is 1. The number of hydrogen-bond donors (Lipinski definition) is 1. The molecule has 5 heteroatoms. The van der Waals surface area contributed by atoms with E-state index in [9.17, 15) is 4.79 Å². The smallest absolute Gasteiger partial charge is 0.231 e. The molecule has 0 spiro atoms. The van der Waals surface area contributed by atoms with Crippen LogP contribution in [0.3, 0.4) is 0 Å². The van der Waals surface area contributed by atoms with Gasteiger partial charge in [-0.3, -0.25) is 9.78 Å². The third kappa shape index (κ3) is 3.31. The number of anilines is 1. The van der Waals surface area contributed by atoms with Crippen molar-refractivity contribution < 1.29 is 14.3 Å². The van der Waals surface area contributed by atoms with Crippen LogP contribution in [0.1, 0.15) is 17.7 Å². The van der Waals surface area contributed by atoms with E-state index in [-0.39, 0.29) is 12.7 Å². The fourth-order valence-electron chi connectivity index (χ4n) is 2.12. The average molecular weight is 284 g/mol. The van der Waals surface area contributed by atoms with Gasteiger partial charge in [-0.15, -0.1) is 0 Å². The minimum absolute atomic E-state index is 0.0293. The third-order valence-corrected chi connectivity index (χ3v) is 3.27. The van der Waals surface area contributed by atoms with Gasteiger partial charge in [-0.05, 0) is 43.2 Å². The number of pyridine rings is 1. The summed E-state index contributed by atoms with van der Waals surface area (Å²) >= 11 is 0. The lowest BCUT2D eigenvalue weighted by atomic mass is 10.1. The van der Waals surface area contributed by atoms with E-state index in [1.165, 1.54) is 0 Å². The Labute approximate surface area is 122 Å². The maximum absolute atomic E-state index is 11.9. The topological polar surface area (TPSA) is 60.5 Å². The number of aromatic nitrogens is 1. The van der Waals surface area contributed by atoms with E-state index < -0.39 is 0 Å². The largest absolute Gasteiger partial charge is 0.454 e. The number of fused-ring (bicyclic) bond motifs is 1. The number of hydrogen-bond acceptors (Lipinski definition) is 4. The number of nitrogens with one attached hydrogen (secondary N) is 1. The van der Waals surface area contributed by atoms with Gasteiger partial charge in [0, 0.05) is 12.1 Å². The van der Waals surface area contributed by atoms with Crippen LogP contribution in [0.5, 0.6) is 11.5 Å². The van der Waals surface area contributed by atoms with Gasteiger partial charge >= 0.3 is 0 Å². The lowest BCUT2D eigenvalue weighted by molar-refractivity contribution is -0.116. The van der Waals surface area contributed by atoms with E-state index in [1.807, 2.05) is 37.3 Å². The predicted octanol–water partition coefficient (Wildman–Crippen LogP) is 2.69. The molecule has 0 saturated carbocycles. The highest BCUT2D eigenvalue weighted by molar-refractivity contribution is 5.90. The molecule has 1 aliphatic heterocycles. The molecule has 108 valence electrons. The minimum Gasteiger partial charge on any atom is -0.454 e. The molecule has 0 bridgehead atoms. The summed E-state index contributed by atoms with van der Waals surface area (Å²) < 4.78 is 10.6. The van der Waals surface area contributed by atoms with E-state index in [1.54, 1.807) is 6.20 Å². The second kappa shape index (κ2) is 5.83. The van der Waals surface area contributed by atoms with Gasteiger partial charge in [-0.25, -0.2) is 0 Å². The maximum atomic E-state index is 11.9. The molecular weight excluding hydrogens is 268 g/mol. The molecule has 2 aromatic rings. The van der Waals surface area contributed by atoms with Crippen LogP contribution in [0.4, 0.5) is 5.69 Å². The Hall–Kier alpha value is -2.56. The fourth-order valence-corrected chi connectivity index (χ4v) is 2.12. The maximum Gasteiger partial charge on any atom is 0.231 e. The summed E-state index contributed by atoms with van der Waals surface area (Å²) in [5.41, 5.74) is 2.70. The molecule has 0 fully saturated rings. The standard InChI is InChI=1S/C16H16N2O3/c1-11-2-5-13(9-17-11)18-16(19)7-4-12-3-6-14-15(8-12)21-10-20-14/h2-3,5-6,8-9H,4,7,10H2,1H3,(H,18,19). The molecule has 1 aliphatic rings. The van der Waals surface area contributed by atoms with E-state index >= 15 is 0 Å². The van der Waals surface area contributed by atoms with Crippen molar-refractivity contribution >= 4 is 11.6 Å². The number of carbonyl (C=O) groups excluding carboxylic acids is 1. The Bertz CT molecular complexity index is 653. The van der Waals surface area contributed by atoms with Crippen molar-refractivity contribution in [2.24, 2.45) is 0 Å². The van der Waals surface area contributed by atoms with Crippen molar-refractivity contribution in [3.05, 3.63) is 47.8 Å². The van der Waals surface area contributed by atoms with Gasteiger partial charge in [0.1, 0.15) is 0 Å². The van der Waals surface area contributed by atoms with Crippen LogP contribution in [0.2, 0.25) is 0 Å². The van der Waals surface area contributed by atoms with E-state index in [2.05, 4.69) is 10.3 Å². The summed E-state index contributed by atoms with van der Waals surface area (Å²) in [6.45, 7) is 2.17. The molecule has 3 rings (SSSR count). The van der Waals surface area contributed by atoms with E-state index in [4.69, 9.17) is 9.47 Å². The van der Waals surface area contributed by atoms with Crippen LogP contribution in [0, 0.1) is 6.92 Å². The average Bonchev–Trinajstić information content (AvgIpc) is 2.95. The van der Waals surface area contributed by atoms with Crippen molar-refractivity contribution in [1.29, 1.82) is 0 Å². The lowest BCUT2D eigenvalue weighted by Crippen LogP contribution is -2.12. The Balaban J connectivity index is 1.55. The molecule has 1 aromatic heterocycles. The molecule has 0 atom stereocenters. The number of rotatable bonds is 4. The summed E-state index contributed by atoms with van der Waals surface area (Å²) in [5, 5.41) is 2.83. The number of nitrogens with zero attached hydrogens (tertiary/aromatic N) is 1. The molecule has 21 heavy (non-hydrogen) atoms. The van der Waals surface area contributed by atoms with Crippen molar-refractivity contribution in [2.75, 3.05) is 12.1 Å². The van der Waals surface area contributed by atoms with E-state index in [0.717, 1.165) is 28.4 Å². The van der Waals surface area contributed by atoms with Crippen LogP contribution in [-0.2, 0) is 11.2 Å². The predicted molar refractivity (Wildman–Crippen MR) is 78.5 cm³/mol.